The van der Waals surface area contributed by atoms with E-state index >= 15 is 0 Å². The lowest BCUT2D eigenvalue weighted by Crippen LogP contribution is -2.36. The summed E-state index contributed by atoms with van der Waals surface area (Å²) in [4.78, 5) is 41.6. The number of fused-ring (bicyclic) bond motifs is 1. The normalized spacial score (nSPS) is 12.9. The minimum Gasteiger partial charge on any atom is -0.510 e. The van der Waals surface area contributed by atoms with Gasteiger partial charge in [-0.15, -0.1) is 10.2 Å². The molecular weight excluding hydrogens is 292 g/mol. The largest absolute Gasteiger partial charge is 0.510 e. The number of Topliss-reactive ketones (excluding diaryl/α,β-unsaturated/α-hetero) is 1. The van der Waals surface area contributed by atoms with Gasteiger partial charge in [-0.3, -0.25) is 18.7 Å². The average Bonchev–Trinajstić information content (AvgIpc) is 2.86. The lowest BCUT2D eigenvalue weighted by Gasteiger charge is -2.00. The number of hydrogen-bond donors (Lipinski definition) is 2. The summed E-state index contributed by atoms with van der Waals surface area (Å²) in [5.41, 5.74) is -1.08. The minimum absolute atomic E-state index is 0.0618. The van der Waals surface area contributed by atoms with Crippen LogP contribution in [0.25, 0.3) is 11.2 Å². The van der Waals surface area contributed by atoms with Crippen LogP contribution in [-0.2, 0) is 18.9 Å². The summed E-state index contributed by atoms with van der Waals surface area (Å²) in [6.45, 7) is 2.53. The molecule has 2 rings (SSSR count). The Labute approximate surface area is 123 Å². The molecule has 0 spiro atoms. The minimum atomic E-state index is -0.548. The van der Waals surface area contributed by atoms with Crippen LogP contribution in [0.1, 0.15) is 13.8 Å². The molecule has 0 aromatic carbocycles. The molecule has 2 heterocycles. The van der Waals surface area contributed by atoms with Gasteiger partial charge in [0.05, 0.1) is 0 Å². The average molecular weight is 306 g/mol. The maximum absolute atomic E-state index is 12.0. The molecule has 0 amide bonds. The second kappa shape index (κ2) is 5.39. The van der Waals surface area contributed by atoms with Crippen molar-refractivity contribution >= 4 is 22.9 Å². The summed E-state index contributed by atoms with van der Waals surface area (Å²) < 4.78 is 2.12. The molecule has 0 saturated carbocycles. The van der Waals surface area contributed by atoms with E-state index in [-0.39, 0.29) is 28.6 Å². The summed E-state index contributed by atoms with van der Waals surface area (Å²) in [5, 5.41) is 16.6. The molecule has 0 atom stereocenters. The quantitative estimate of drug-likeness (QED) is 0.481. The molecule has 2 N–H and O–H groups in total. The van der Waals surface area contributed by atoms with Gasteiger partial charge in [0.15, 0.2) is 22.6 Å². The van der Waals surface area contributed by atoms with Crippen LogP contribution in [0.4, 0.5) is 5.95 Å². The van der Waals surface area contributed by atoms with Gasteiger partial charge in [-0.25, -0.2) is 4.79 Å². The molecule has 0 saturated heterocycles. The number of aliphatic hydroxyl groups is 1. The number of nitrogens with zero attached hydrogens (tertiary/aromatic N) is 5. The number of allylic oxidation sites excluding steroid dienone is 2. The number of aromatic amines is 1. The van der Waals surface area contributed by atoms with Crippen LogP contribution in [0.2, 0.25) is 0 Å². The van der Waals surface area contributed by atoms with Crippen LogP contribution in [0.5, 0.6) is 0 Å². The van der Waals surface area contributed by atoms with Gasteiger partial charge in [0, 0.05) is 21.0 Å². The SMILES string of the molecule is CC(=O)/C(N=Nc1nc2c([nH]1)c(=O)n(C)c(=O)n2C)=C(\C)O. The first kappa shape index (κ1) is 15.4. The van der Waals surface area contributed by atoms with Gasteiger partial charge in [0.2, 0.25) is 5.95 Å². The van der Waals surface area contributed by atoms with Crippen molar-refractivity contribution in [2.75, 3.05) is 0 Å². The summed E-state index contributed by atoms with van der Waals surface area (Å²) in [7, 11) is 2.81. The molecule has 0 fully saturated rings. The lowest BCUT2D eigenvalue weighted by molar-refractivity contribution is -0.113. The molecule has 10 nitrogen and oxygen atoms in total. The molecule has 22 heavy (non-hydrogen) atoms. The highest BCUT2D eigenvalue weighted by Crippen LogP contribution is 2.14. The van der Waals surface area contributed by atoms with Gasteiger partial charge in [-0.05, 0) is 6.92 Å². The predicted octanol–water partition coefficient (Wildman–Crippen LogP) is 0.423. The topological polar surface area (TPSA) is 135 Å². The number of aryl methyl sites for hydroxylation is 1. The third-order valence-corrected chi connectivity index (χ3v) is 3.00. The van der Waals surface area contributed by atoms with Crippen LogP contribution in [-0.4, -0.2) is 30.0 Å². The van der Waals surface area contributed by atoms with E-state index in [1.807, 2.05) is 0 Å². The zero-order valence-electron chi connectivity index (χ0n) is 12.4. The summed E-state index contributed by atoms with van der Waals surface area (Å²) in [6, 6.07) is 0. The van der Waals surface area contributed by atoms with E-state index < -0.39 is 17.0 Å². The fourth-order valence-electron chi connectivity index (χ4n) is 1.86. The van der Waals surface area contributed by atoms with Crippen LogP contribution in [0, 0.1) is 0 Å². The molecule has 0 bridgehead atoms. The Morgan fingerprint density at radius 2 is 1.86 bits per heavy atom. The summed E-state index contributed by atoms with van der Waals surface area (Å²) in [5.74, 6) is -0.813. The van der Waals surface area contributed by atoms with Crippen molar-refractivity contribution in [2.45, 2.75) is 13.8 Å². The Bertz CT molecular complexity index is 939. The molecule has 116 valence electrons. The molecular formula is C12H14N6O4. The molecule has 2 aromatic rings. The van der Waals surface area contributed by atoms with Gasteiger partial charge in [0.1, 0.15) is 5.76 Å². The van der Waals surface area contributed by atoms with E-state index in [0.29, 0.717) is 0 Å². The maximum atomic E-state index is 12.0. The van der Waals surface area contributed by atoms with Crippen molar-refractivity contribution in [3.63, 3.8) is 0 Å². The first-order chi connectivity index (χ1) is 10.2. The summed E-state index contributed by atoms with van der Waals surface area (Å²) >= 11 is 0. The Hall–Kier alpha value is -3.04. The van der Waals surface area contributed by atoms with Crippen LogP contribution in [0.3, 0.4) is 0 Å². The number of nitrogens with one attached hydrogen (secondary N) is 1. The van der Waals surface area contributed by atoms with Crippen molar-refractivity contribution in [3.8, 4) is 0 Å². The van der Waals surface area contributed by atoms with Gasteiger partial charge >= 0.3 is 5.69 Å². The Kier molecular flexibility index (Phi) is 3.76. The number of carbonyl (C=O) groups is 1. The van der Waals surface area contributed by atoms with Gasteiger partial charge in [-0.2, -0.15) is 4.98 Å². The number of carbonyl (C=O) groups excluding carboxylic acids is 1. The Balaban J connectivity index is 2.61. The highest BCUT2D eigenvalue weighted by molar-refractivity contribution is 5.93. The fraction of sp³-hybridized carbons (Fsp3) is 0.333. The summed E-state index contributed by atoms with van der Waals surface area (Å²) in [6.07, 6.45) is 0. The van der Waals surface area contributed by atoms with E-state index in [1.165, 1.54) is 32.5 Å². The number of H-pyrrole nitrogens is 1. The zero-order valence-corrected chi connectivity index (χ0v) is 12.4. The van der Waals surface area contributed by atoms with Crippen molar-refractivity contribution < 1.29 is 9.90 Å². The number of aromatic nitrogens is 4. The van der Waals surface area contributed by atoms with Crippen molar-refractivity contribution in [3.05, 3.63) is 32.3 Å². The molecule has 0 radical (unpaired) electrons. The van der Waals surface area contributed by atoms with E-state index in [2.05, 4.69) is 20.2 Å². The van der Waals surface area contributed by atoms with E-state index in [9.17, 15) is 19.5 Å². The second-order valence-corrected chi connectivity index (χ2v) is 4.65. The van der Waals surface area contributed by atoms with Crippen molar-refractivity contribution in [1.82, 2.24) is 19.1 Å². The molecule has 0 aliphatic heterocycles. The van der Waals surface area contributed by atoms with Gasteiger partial charge in [0.25, 0.3) is 5.56 Å². The van der Waals surface area contributed by atoms with E-state index in [4.69, 9.17) is 0 Å². The van der Waals surface area contributed by atoms with Crippen LogP contribution >= 0.6 is 0 Å². The predicted molar refractivity (Wildman–Crippen MR) is 77.1 cm³/mol. The zero-order chi connectivity index (χ0) is 16.6. The van der Waals surface area contributed by atoms with Crippen LogP contribution < -0.4 is 11.2 Å². The van der Waals surface area contributed by atoms with E-state index in [0.717, 1.165) is 4.57 Å². The Morgan fingerprint density at radius 3 is 2.41 bits per heavy atom. The number of ketones is 1. The highest BCUT2D eigenvalue weighted by atomic mass is 16.3. The van der Waals surface area contributed by atoms with Crippen LogP contribution in [0.15, 0.2) is 31.3 Å². The van der Waals surface area contributed by atoms with Crippen molar-refractivity contribution in [2.24, 2.45) is 24.3 Å². The maximum Gasteiger partial charge on any atom is 0.332 e. The first-order valence-electron chi connectivity index (χ1n) is 6.22. The number of hydrogen-bond acceptors (Lipinski definition) is 7. The third-order valence-electron chi connectivity index (χ3n) is 3.00. The smallest absolute Gasteiger partial charge is 0.332 e. The number of imidazole rings is 1. The second-order valence-electron chi connectivity index (χ2n) is 4.65. The monoisotopic (exact) mass is 306 g/mol. The number of azo groups is 1. The first-order valence-corrected chi connectivity index (χ1v) is 6.22. The van der Waals surface area contributed by atoms with Crippen molar-refractivity contribution in [1.29, 1.82) is 0 Å². The fourth-order valence-corrected chi connectivity index (χ4v) is 1.86. The molecule has 10 heteroatoms. The molecule has 0 unspecified atom stereocenters. The molecule has 0 aliphatic rings. The highest BCUT2D eigenvalue weighted by Gasteiger charge is 2.13. The molecule has 2 aromatic heterocycles. The van der Waals surface area contributed by atoms with E-state index in [1.54, 1.807) is 0 Å². The Morgan fingerprint density at radius 1 is 1.23 bits per heavy atom. The third kappa shape index (κ3) is 2.45. The van der Waals surface area contributed by atoms with Gasteiger partial charge < -0.3 is 10.1 Å². The lowest BCUT2D eigenvalue weighted by atomic mass is 10.3. The van der Waals surface area contributed by atoms with Gasteiger partial charge in [-0.1, -0.05) is 0 Å². The number of rotatable bonds is 3. The standard InChI is InChI=1S/C12H14N6O4/c1-5(19)7(6(2)20)15-16-11-13-8-9(14-11)17(3)12(22)18(4)10(8)21/h19H,1-4H3,(H,13,14)/b7-5-,16-15?. The molecule has 0 aliphatic carbocycles. The number of aliphatic hydroxyl groups excluding tert-OH is 1.